The van der Waals surface area contributed by atoms with Gasteiger partial charge in [0.25, 0.3) is 18.9 Å². The van der Waals surface area contributed by atoms with Crippen LogP contribution in [0.2, 0.25) is 0 Å². The maximum Gasteiger partial charge on any atom is 0.348 e. The predicted octanol–water partition coefficient (Wildman–Crippen LogP) is 2.34. The van der Waals surface area contributed by atoms with Crippen LogP contribution in [0, 0.1) is 5.92 Å². The molecule has 3 atom stereocenters. The fourth-order valence-electron chi connectivity index (χ4n) is 6.81. The summed E-state index contributed by atoms with van der Waals surface area (Å²) in [4.78, 5) is 60.1. The molecule has 1 amide bonds. The van der Waals surface area contributed by atoms with E-state index in [9.17, 15) is 29.7 Å². The molecule has 15 nitrogen and oxygen atoms in total. The number of ether oxygens (including phenoxy) is 1. The van der Waals surface area contributed by atoms with Gasteiger partial charge in [-0.1, -0.05) is 48.5 Å². The van der Waals surface area contributed by atoms with Crippen LogP contribution in [0.1, 0.15) is 58.8 Å². The molecule has 7 rings (SSSR count). The summed E-state index contributed by atoms with van der Waals surface area (Å²) in [5, 5.41) is 53.3. The van der Waals surface area contributed by atoms with Crippen LogP contribution in [0.15, 0.2) is 83.7 Å². The molecule has 0 saturated carbocycles. The van der Waals surface area contributed by atoms with Crippen molar-refractivity contribution in [3.63, 3.8) is 0 Å². The number of carboxylic acid groups (broad SMARTS) is 2. The summed E-state index contributed by atoms with van der Waals surface area (Å²) in [5.74, 6) is -0.840. The monoisotopic (exact) mass is 746 g/mol. The first-order chi connectivity index (χ1) is 26.1. The van der Waals surface area contributed by atoms with Crippen LogP contribution >= 0.6 is 0 Å². The summed E-state index contributed by atoms with van der Waals surface area (Å²) in [6.45, 7) is 3.45. The van der Waals surface area contributed by atoms with Crippen molar-refractivity contribution in [2.45, 2.75) is 43.5 Å². The smallest absolute Gasteiger partial charge is 0.348 e. The van der Waals surface area contributed by atoms with Crippen LogP contribution in [0.25, 0.3) is 10.9 Å². The number of amides is 1. The van der Waals surface area contributed by atoms with E-state index >= 15 is 0 Å². The van der Waals surface area contributed by atoms with E-state index in [1.165, 1.54) is 12.1 Å². The van der Waals surface area contributed by atoms with Gasteiger partial charge in [0.2, 0.25) is 11.2 Å². The van der Waals surface area contributed by atoms with Crippen LogP contribution in [-0.2, 0) is 24.7 Å². The Labute approximate surface area is 311 Å². The van der Waals surface area contributed by atoms with Crippen molar-refractivity contribution in [2.24, 2.45) is 5.92 Å². The van der Waals surface area contributed by atoms with Gasteiger partial charge in [-0.3, -0.25) is 24.1 Å². The molecule has 1 unspecified atom stereocenters. The predicted molar refractivity (Wildman–Crippen MR) is 198 cm³/mol. The Bertz CT molecular complexity index is 1910. The molecule has 54 heavy (non-hydrogen) atoms. The highest BCUT2D eigenvalue weighted by atomic mass is 16.6. The van der Waals surface area contributed by atoms with E-state index in [-0.39, 0.29) is 59.8 Å². The quantitative estimate of drug-likeness (QED) is 0.0558. The van der Waals surface area contributed by atoms with Crippen molar-refractivity contribution < 1.29 is 49.4 Å². The third-order valence-electron chi connectivity index (χ3n) is 9.55. The normalized spacial score (nSPS) is 18.7. The molecule has 3 aromatic carbocycles. The number of hydrogen-bond donors (Lipinski definition) is 8. The topological polar surface area (TPSA) is 239 Å². The number of esters is 1. The number of hydrogen-bond acceptors (Lipinski definition) is 11. The van der Waals surface area contributed by atoms with Crippen molar-refractivity contribution in [2.75, 3.05) is 39.3 Å². The van der Waals surface area contributed by atoms with Crippen molar-refractivity contribution in [3.05, 3.63) is 111 Å². The number of piperidine rings is 3. The van der Waals surface area contributed by atoms with E-state index < -0.39 is 17.7 Å². The second-order valence-corrected chi connectivity index (χ2v) is 12.9. The first-order valence-electron chi connectivity index (χ1n) is 17.6. The molecule has 4 heterocycles. The zero-order chi connectivity index (χ0) is 39.1. The number of aliphatic hydroxyl groups excluding tert-OH is 1. The van der Waals surface area contributed by atoms with Crippen LogP contribution in [0.3, 0.4) is 0 Å². The van der Waals surface area contributed by atoms with Crippen LogP contribution < -0.4 is 16.2 Å². The highest BCUT2D eigenvalue weighted by Crippen LogP contribution is 2.36. The highest BCUT2D eigenvalue weighted by molar-refractivity contribution is 5.95. The summed E-state index contributed by atoms with van der Waals surface area (Å²) in [5.41, 5.74) is -0.578. The highest BCUT2D eigenvalue weighted by Gasteiger charge is 2.45. The molecule has 0 radical (unpaired) electrons. The molecule has 3 saturated heterocycles. The molecule has 4 aromatic rings. The van der Waals surface area contributed by atoms with Gasteiger partial charge in [-0.15, -0.1) is 0 Å². The lowest BCUT2D eigenvalue weighted by molar-refractivity contribution is -0.177. The number of carbonyl (C=O) groups is 4. The van der Waals surface area contributed by atoms with E-state index in [2.05, 4.69) is 20.5 Å². The number of aromatic hydroxyl groups is 1. The number of carbonyl (C=O) groups excluding carboxylic acids is 2. The van der Waals surface area contributed by atoms with Gasteiger partial charge in [0.05, 0.1) is 11.6 Å². The number of benzene rings is 3. The lowest BCUT2D eigenvalue weighted by Crippen LogP contribution is -2.53. The van der Waals surface area contributed by atoms with Gasteiger partial charge in [0, 0.05) is 42.2 Å². The van der Waals surface area contributed by atoms with E-state index in [1.807, 2.05) is 6.07 Å². The summed E-state index contributed by atoms with van der Waals surface area (Å²) in [6, 6.07) is 21.2. The number of aromatic nitrogens is 1. The van der Waals surface area contributed by atoms with Gasteiger partial charge in [-0.05, 0) is 86.6 Å². The van der Waals surface area contributed by atoms with Crippen LogP contribution in [-0.4, -0.2) is 106 Å². The zero-order valence-electron chi connectivity index (χ0n) is 29.6. The summed E-state index contributed by atoms with van der Waals surface area (Å²) in [6.07, 6.45) is 2.22. The number of nitrogens with zero attached hydrogens (tertiary/aromatic N) is 1. The average molecular weight is 747 g/mol. The first-order valence-corrected chi connectivity index (χ1v) is 17.6. The number of phenols is 1. The fraction of sp³-hybridized carbons (Fsp3) is 0.359. The Morgan fingerprint density at radius 3 is 2.26 bits per heavy atom. The fourth-order valence-corrected chi connectivity index (χ4v) is 6.81. The molecule has 3 aliphatic rings. The van der Waals surface area contributed by atoms with Gasteiger partial charge in [0.1, 0.15) is 11.9 Å². The van der Waals surface area contributed by atoms with Crippen LogP contribution in [0.4, 0.5) is 0 Å². The van der Waals surface area contributed by atoms with E-state index in [0.29, 0.717) is 48.1 Å². The molecule has 288 valence electrons. The minimum Gasteiger partial charge on any atom is -0.506 e. The van der Waals surface area contributed by atoms with Gasteiger partial charge < -0.3 is 45.9 Å². The lowest BCUT2D eigenvalue weighted by atomic mass is 9.84. The number of aromatic amines is 1. The standard InChI is InChI=1S/C37H42N4O7.2CH2O2/c42-30-13-11-28(29-12-14-33(44)40-34(29)30)31(43)22-38-17-4-5-18-39-35(45)25-7-6-10-27(21-25)37(47,26-8-2-1-3-9-26)36(46)48-32-23-41-19-15-24(32)16-20-41;2*2-1-3/h1-3,6-14,21,24,31-32,38,42-43,47H,4-5,15-20,22-23H2,(H,39,45)(H,40,44);2*1H,(H,2,3)/t31-,32-,37?;;/m0../s1. The molecule has 3 fully saturated rings. The van der Waals surface area contributed by atoms with E-state index in [0.717, 1.165) is 32.4 Å². The molecule has 2 bridgehead atoms. The van der Waals surface area contributed by atoms with Crippen molar-refractivity contribution in [1.29, 1.82) is 0 Å². The summed E-state index contributed by atoms with van der Waals surface area (Å²) < 4.78 is 6.00. The van der Waals surface area contributed by atoms with Gasteiger partial charge in [-0.2, -0.15) is 0 Å². The number of rotatable bonds is 13. The largest absolute Gasteiger partial charge is 0.506 e. The lowest BCUT2D eigenvalue weighted by Gasteiger charge is -2.44. The van der Waals surface area contributed by atoms with Crippen molar-refractivity contribution in [3.8, 4) is 5.75 Å². The SMILES string of the molecule is O=C(NCCCCNC[C@H](O)c1ccc(O)c2[nH]c(=O)ccc12)c1cccc(C(O)(C(=O)O[C@H]2CN3CCC2CC3)c2ccccc2)c1.O=CO.O=CO. The Hall–Kier alpha value is -5.61. The summed E-state index contributed by atoms with van der Waals surface area (Å²) in [7, 11) is 0. The number of H-pyrrole nitrogens is 1. The molecule has 15 heteroatoms. The third-order valence-corrected chi connectivity index (χ3v) is 9.55. The van der Waals surface area contributed by atoms with Crippen molar-refractivity contribution >= 4 is 35.7 Å². The molecular weight excluding hydrogens is 700 g/mol. The molecule has 0 spiro atoms. The van der Waals surface area contributed by atoms with E-state index in [1.54, 1.807) is 60.7 Å². The molecule has 1 aromatic heterocycles. The number of phenolic OH excluding ortho intramolecular Hbond substituents is 1. The minimum absolute atomic E-state index is 0.0607. The number of aliphatic hydroxyl groups is 2. The van der Waals surface area contributed by atoms with Crippen molar-refractivity contribution in [1.82, 2.24) is 20.5 Å². The Kier molecular flexibility index (Phi) is 15.2. The molecule has 8 N–H and O–H groups in total. The molecular formula is C39H46N4O11. The Morgan fingerprint density at radius 1 is 0.926 bits per heavy atom. The molecule has 0 aliphatic carbocycles. The number of fused-ring (bicyclic) bond motifs is 4. The zero-order valence-corrected chi connectivity index (χ0v) is 29.6. The van der Waals surface area contributed by atoms with Gasteiger partial charge in [0.15, 0.2) is 0 Å². The maximum atomic E-state index is 13.8. The van der Waals surface area contributed by atoms with Gasteiger partial charge >= 0.3 is 5.97 Å². The summed E-state index contributed by atoms with van der Waals surface area (Å²) >= 11 is 0. The van der Waals surface area contributed by atoms with E-state index in [4.69, 9.17) is 24.5 Å². The number of nitrogens with one attached hydrogen (secondary N) is 3. The second kappa shape index (κ2) is 20.0. The molecule has 3 aliphatic heterocycles. The first kappa shape index (κ1) is 41.2. The minimum atomic E-state index is -2.08. The van der Waals surface area contributed by atoms with Crippen LogP contribution in [0.5, 0.6) is 5.75 Å². The Morgan fingerprint density at radius 2 is 1.59 bits per heavy atom. The van der Waals surface area contributed by atoms with Gasteiger partial charge in [-0.25, -0.2) is 4.79 Å². The maximum absolute atomic E-state index is 13.8. The Balaban J connectivity index is 0.00000102. The third kappa shape index (κ3) is 10.3. The average Bonchev–Trinajstić information content (AvgIpc) is 3.19. The number of pyridine rings is 1. The second-order valence-electron chi connectivity index (χ2n) is 12.9. The number of unbranched alkanes of at least 4 members (excludes halogenated alkanes) is 1.